The molecule has 0 saturated heterocycles. The maximum atomic E-state index is 11.0. The molecule has 0 aliphatic heterocycles. The van der Waals surface area contributed by atoms with Crippen LogP contribution >= 0.6 is 0 Å². The number of aliphatic hydroxyl groups excluding tert-OH is 1. The van der Waals surface area contributed by atoms with Crippen LogP contribution in [-0.2, 0) is 6.42 Å². The van der Waals surface area contributed by atoms with Crippen molar-refractivity contribution in [3.05, 3.63) is 34.2 Å². The molecule has 0 radical (unpaired) electrons. The summed E-state index contributed by atoms with van der Waals surface area (Å²) in [5, 5.41) is 9.38. The molecular weight excluding hydrogens is 194 g/mol. The monoisotopic (exact) mass is 207 g/mol. The van der Waals surface area contributed by atoms with Crippen LogP contribution < -0.4 is 11.4 Å². The number of imidazole rings is 1. The second kappa shape index (κ2) is 3.88. The lowest BCUT2D eigenvalue weighted by Gasteiger charge is -2.06. The fourth-order valence-corrected chi connectivity index (χ4v) is 1.56. The number of fused-ring (bicyclic) bond motifs is 1. The number of nitrogens with two attached hydrogens (primary N) is 1. The summed E-state index contributed by atoms with van der Waals surface area (Å²) in [5.74, 6) is 0. The molecule has 0 bridgehead atoms. The Hall–Kier alpha value is -1.59. The van der Waals surface area contributed by atoms with Crippen LogP contribution in [0.15, 0.2) is 23.0 Å². The van der Waals surface area contributed by atoms with E-state index in [4.69, 9.17) is 5.73 Å². The third kappa shape index (κ3) is 2.08. The van der Waals surface area contributed by atoms with E-state index in [1.165, 1.54) is 0 Å². The quantitative estimate of drug-likeness (QED) is 0.557. The highest BCUT2D eigenvalue weighted by atomic mass is 16.3. The Kier molecular flexibility index (Phi) is 2.57. The number of hydrogen-bond donors (Lipinski definition) is 4. The number of aliphatic hydroxyl groups is 1. The highest BCUT2D eigenvalue weighted by Gasteiger charge is 2.04. The van der Waals surface area contributed by atoms with E-state index in [-0.39, 0.29) is 12.2 Å². The maximum absolute atomic E-state index is 11.0. The molecule has 0 saturated carbocycles. The van der Waals surface area contributed by atoms with Crippen LogP contribution in [0.25, 0.3) is 11.0 Å². The summed E-state index contributed by atoms with van der Waals surface area (Å²) in [7, 11) is 0. The van der Waals surface area contributed by atoms with Crippen LogP contribution in [0.1, 0.15) is 5.56 Å². The summed E-state index contributed by atoms with van der Waals surface area (Å²) in [5.41, 5.74) is 7.58. The third-order valence-corrected chi connectivity index (χ3v) is 2.32. The summed E-state index contributed by atoms with van der Waals surface area (Å²) in [6.07, 6.45) is -0.0345. The molecule has 2 rings (SSSR count). The Labute approximate surface area is 85.9 Å². The van der Waals surface area contributed by atoms with Gasteiger partial charge in [0.05, 0.1) is 17.1 Å². The van der Waals surface area contributed by atoms with Gasteiger partial charge >= 0.3 is 5.69 Å². The average Bonchev–Trinajstić information content (AvgIpc) is 2.57. The molecule has 0 amide bonds. The first-order valence-corrected chi connectivity index (χ1v) is 4.78. The van der Waals surface area contributed by atoms with Crippen LogP contribution in [0.5, 0.6) is 0 Å². The van der Waals surface area contributed by atoms with Gasteiger partial charge in [-0.25, -0.2) is 4.79 Å². The summed E-state index contributed by atoms with van der Waals surface area (Å²) in [4.78, 5) is 16.3. The molecule has 5 nitrogen and oxygen atoms in total. The van der Waals surface area contributed by atoms with Crippen LogP contribution in [0.4, 0.5) is 0 Å². The Morgan fingerprint density at radius 3 is 2.80 bits per heavy atom. The van der Waals surface area contributed by atoms with E-state index in [2.05, 4.69) is 9.97 Å². The van der Waals surface area contributed by atoms with Gasteiger partial charge in [0, 0.05) is 6.54 Å². The van der Waals surface area contributed by atoms with Gasteiger partial charge in [-0.05, 0) is 24.1 Å². The zero-order valence-electron chi connectivity index (χ0n) is 8.16. The molecule has 1 aromatic carbocycles. The molecule has 5 N–H and O–H groups in total. The molecule has 0 fully saturated rings. The Bertz CT molecular complexity index is 515. The molecular formula is C10H13N3O2. The van der Waals surface area contributed by atoms with Gasteiger partial charge in [-0.15, -0.1) is 0 Å². The minimum absolute atomic E-state index is 0.221. The van der Waals surface area contributed by atoms with Gasteiger partial charge in [0.2, 0.25) is 0 Å². The van der Waals surface area contributed by atoms with Gasteiger partial charge in [0.1, 0.15) is 0 Å². The predicted octanol–water partition coefficient (Wildman–Crippen LogP) is -0.282. The van der Waals surface area contributed by atoms with Crippen molar-refractivity contribution in [2.24, 2.45) is 5.73 Å². The van der Waals surface area contributed by atoms with Crippen molar-refractivity contribution in [2.45, 2.75) is 12.5 Å². The van der Waals surface area contributed by atoms with Gasteiger partial charge in [0.15, 0.2) is 0 Å². The lowest BCUT2D eigenvalue weighted by Crippen LogP contribution is -2.21. The predicted molar refractivity (Wildman–Crippen MR) is 57.7 cm³/mol. The van der Waals surface area contributed by atoms with Gasteiger partial charge in [-0.2, -0.15) is 0 Å². The molecule has 1 atom stereocenters. The molecule has 1 aromatic heterocycles. The number of hydrogen-bond acceptors (Lipinski definition) is 3. The SMILES string of the molecule is NCC(O)Cc1ccc2[nH]c(=O)[nH]c2c1. The van der Waals surface area contributed by atoms with Crippen molar-refractivity contribution in [3.63, 3.8) is 0 Å². The zero-order valence-corrected chi connectivity index (χ0v) is 8.16. The van der Waals surface area contributed by atoms with Gasteiger partial charge in [-0.1, -0.05) is 6.07 Å². The van der Waals surface area contributed by atoms with Crippen LogP contribution in [0.3, 0.4) is 0 Å². The fourth-order valence-electron chi connectivity index (χ4n) is 1.56. The Morgan fingerprint density at radius 1 is 1.33 bits per heavy atom. The molecule has 15 heavy (non-hydrogen) atoms. The summed E-state index contributed by atoms with van der Waals surface area (Å²) in [6, 6.07) is 5.52. The number of aromatic amines is 2. The number of aromatic nitrogens is 2. The zero-order chi connectivity index (χ0) is 10.8. The van der Waals surface area contributed by atoms with E-state index in [0.29, 0.717) is 6.42 Å². The number of H-pyrrole nitrogens is 2. The largest absolute Gasteiger partial charge is 0.391 e. The first-order chi connectivity index (χ1) is 7.19. The molecule has 1 heterocycles. The van der Waals surface area contributed by atoms with Crippen molar-refractivity contribution >= 4 is 11.0 Å². The van der Waals surface area contributed by atoms with Crippen molar-refractivity contribution in [1.82, 2.24) is 9.97 Å². The maximum Gasteiger partial charge on any atom is 0.323 e. The van der Waals surface area contributed by atoms with Crippen molar-refractivity contribution in [2.75, 3.05) is 6.54 Å². The van der Waals surface area contributed by atoms with E-state index in [9.17, 15) is 9.90 Å². The normalized spacial score (nSPS) is 13.2. The molecule has 1 unspecified atom stereocenters. The highest BCUT2D eigenvalue weighted by molar-refractivity contribution is 5.75. The van der Waals surface area contributed by atoms with Crippen LogP contribution in [-0.4, -0.2) is 27.7 Å². The number of nitrogens with one attached hydrogen (secondary N) is 2. The van der Waals surface area contributed by atoms with Gasteiger partial charge in [0.25, 0.3) is 0 Å². The molecule has 0 aliphatic rings. The van der Waals surface area contributed by atoms with E-state index in [0.717, 1.165) is 16.6 Å². The summed E-state index contributed by atoms with van der Waals surface area (Å²) < 4.78 is 0. The molecule has 0 aliphatic carbocycles. The smallest absolute Gasteiger partial charge is 0.323 e. The molecule has 2 aromatic rings. The van der Waals surface area contributed by atoms with E-state index < -0.39 is 6.10 Å². The van der Waals surface area contributed by atoms with Crippen molar-refractivity contribution in [3.8, 4) is 0 Å². The third-order valence-electron chi connectivity index (χ3n) is 2.32. The van der Waals surface area contributed by atoms with Crippen LogP contribution in [0, 0.1) is 0 Å². The van der Waals surface area contributed by atoms with E-state index >= 15 is 0 Å². The van der Waals surface area contributed by atoms with Crippen molar-refractivity contribution in [1.29, 1.82) is 0 Å². The lowest BCUT2D eigenvalue weighted by molar-refractivity contribution is 0.183. The molecule has 80 valence electrons. The lowest BCUT2D eigenvalue weighted by atomic mass is 10.1. The fraction of sp³-hybridized carbons (Fsp3) is 0.300. The average molecular weight is 207 g/mol. The van der Waals surface area contributed by atoms with Gasteiger partial charge in [-0.3, -0.25) is 0 Å². The Balaban J connectivity index is 2.34. The summed E-state index contributed by atoms with van der Waals surface area (Å²) in [6.45, 7) is 0.238. The van der Waals surface area contributed by atoms with Crippen molar-refractivity contribution < 1.29 is 5.11 Å². The number of rotatable bonds is 3. The van der Waals surface area contributed by atoms with Crippen LogP contribution in [0.2, 0.25) is 0 Å². The number of benzene rings is 1. The first kappa shape index (κ1) is 9.95. The minimum Gasteiger partial charge on any atom is -0.391 e. The topological polar surface area (TPSA) is 94.9 Å². The minimum atomic E-state index is -0.534. The molecule has 0 spiro atoms. The second-order valence-electron chi connectivity index (χ2n) is 3.55. The molecule has 5 heteroatoms. The summed E-state index contributed by atoms with van der Waals surface area (Å²) >= 11 is 0. The highest BCUT2D eigenvalue weighted by Crippen LogP contribution is 2.11. The second-order valence-corrected chi connectivity index (χ2v) is 3.55. The Morgan fingerprint density at radius 2 is 2.07 bits per heavy atom. The van der Waals surface area contributed by atoms with Gasteiger partial charge < -0.3 is 20.8 Å². The van der Waals surface area contributed by atoms with E-state index in [1.807, 2.05) is 18.2 Å². The van der Waals surface area contributed by atoms with E-state index in [1.54, 1.807) is 0 Å². The first-order valence-electron chi connectivity index (χ1n) is 4.78. The standard InChI is InChI=1S/C10H13N3O2/c11-5-7(14)3-6-1-2-8-9(4-6)13-10(15)12-8/h1-2,4,7,14H,3,5,11H2,(H2,12,13,15).